The highest BCUT2D eigenvalue weighted by Gasteiger charge is 2.54. The Morgan fingerprint density at radius 1 is 1.14 bits per heavy atom. The lowest BCUT2D eigenvalue weighted by molar-refractivity contribution is -0.137. The van der Waals surface area contributed by atoms with Crippen LogP contribution in [0.4, 0.5) is 10.5 Å². The van der Waals surface area contributed by atoms with Gasteiger partial charge >= 0.3 is 6.09 Å². The van der Waals surface area contributed by atoms with Gasteiger partial charge in [0.15, 0.2) is 0 Å². The van der Waals surface area contributed by atoms with Gasteiger partial charge in [-0.1, -0.05) is 18.2 Å². The molecule has 8 nitrogen and oxygen atoms in total. The number of nitrogens with zero attached hydrogens (tertiary/aromatic N) is 3. The number of piperidine rings is 1. The summed E-state index contributed by atoms with van der Waals surface area (Å²) >= 11 is 0. The second-order valence-electron chi connectivity index (χ2n) is 8.58. The summed E-state index contributed by atoms with van der Waals surface area (Å²) in [6, 6.07) is 9.74. The number of nitrogens with one attached hydrogen (secondary N) is 1. The Morgan fingerprint density at radius 2 is 1.76 bits per heavy atom. The first-order valence-corrected chi connectivity index (χ1v) is 9.97. The Bertz CT molecular complexity index is 767. The largest absolute Gasteiger partial charge is 0.444 e. The molecule has 3 rings (SSSR count). The molecule has 29 heavy (non-hydrogen) atoms. The van der Waals surface area contributed by atoms with Crippen LogP contribution in [0.25, 0.3) is 0 Å². The standard InChI is InChI=1S/C21H30N4O4/c1-20(2,3)29-19(28)23-12-10-21(11-13-23)18(27)24(14-17(26)22-4)15-25(21)16-8-6-5-7-9-16/h5-9H,10-15H2,1-4H3,(H,22,26). The number of likely N-dealkylation sites (N-methyl/N-ethyl adjacent to an activating group) is 1. The number of rotatable bonds is 3. The van der Waals surface area contributed by atoms with Crippen LogP contribution in [0.3, 0.4) is 0 Å². The number of carbonyl (C=O) groups excluding carboxylic acids is 3. The van der Waals surface area contributed by atoms with Gasteiger partial charge in [0.25, 0.3) is 5.91 Å². The van der Waals surface area contributed by atoms with Crippen molar-refractivity contribution in [1.29, 1.82) is 0 Å². The Hall–Kier alpha value is -2.77. The first-order chi connectivity index (χ1) is 13.7. The lowest BCUT2D eigenvalue weighted by atomic mass is 9.85. The maximum Gasteiger partial charge on any atom is 0.410 e. The summed E-state index contributed by atoms with van der Waals surface area (Å²) in [7, 11) is 1.56. The van der Waals surface area contributed by atoms with Gasteiger partial charge in [0.05, 0.1) is 6.67 Å². The van der Waals surface area contributed by atoms with Gasteiger partial charge in [0.1, 0.15) is 17.7 Å². The molecule has 0 aromatic heterocycles. The predicted octanol–water partition coefficient (Wildman–Crippen LogP) is 1.81. The van der Waals surface area contributed by atoms with Crippen LogP contribution in [0.5, 0.6) is 0 Å². The molecule has 0 saturated carbocycles. The quantitative estimate of drug-likeness (QED) is 0.834. The highest BCUT2D eigenvalue weighted by molar-refractivity contribution is 5.96. The number of anilines is 1. The molecule has 1 spiro atoms. The smallest absolute Gasteiger partial charge is 0.410 e. The molecule has 1 aromatic rings. The normalized spacial score (nSPS) is 18.9. The fraction of sp³-hybridized carbons (Fsp3) is 0.571. The Balaban J connectivity index is 1.81. The van der Waals surface area contributed by atoms with E-state index in [2.05, 4.69) is 10.2 Å². The molecule has 1 aromatic carbocycles. The van der Waals surface area contributed by atoms with E-state index in [0.29, 0.717) is 32.6 Å². The molecule has 2 saturated heterocycles. The number of likely N-dealkylation sites (tertiary alicyclic amines) is 1. The number of hydrogen-bond acceptors (Lipinski definition) is 5. The van der Waals surface area contributed by atoms with Crippen LogP contribution in [0.2, 0.25) is 0 Å². The molecule has 2 aliphatic rings. The van der Waals surface area contributed by atoms with Gasteiger partial charge in [0, 0.05) is 25.8 Å². The molecule has 0 unspecified atom stereocenters. The van der Waals surface area contributed by atoms with Gasteiger partial charge in [0.2, 0.25) is 5.91 Å². The number of hydrogen-bond donors (Lipinski definition) is 1. The van der Waals surface area contributed by atoms with Crippen molar-refractivity contribution in [3.8, 4) is 0 Å². The lowest BCUT2D eigenvalue weighted by Gasteiger charge is -2.43. The SMILES string of the molecule is CNC(=O)CN1CN(c2ccccc2)C2(CCN(C(=O)OC(C)(C)C)CC2)C1=O. The van der Waals surface area contributed by atoms with E-state index in [0.717, 1.165) is 5.69 Å². The molecule has 2 fully saturated rings. The highest BCUT2D eigenvalue weighted by atomic mass is 16.6. The average Bonchev–Trinajstić information content (AvgIpc) is 2.94. The third kappa shape index (κ3) is 4.31. The van der Waals surface area contributed by atoms with E-state index in [4.69, 9.17) is 4.74 Å². The minimum Gasteiger partial charge on any atom is -0.444 e. The zero-order valence-electron chi connectivity index (χ0n) is 17.6. The van der Waals surface area contributed by atoms with Crippen LogP contribution in [-0.4, -0.2) is 72.2 Å². The van der Waals surface area contributed by atoms with E-state index in [1.165, 1.54) is 0 Å². The van der Waals surface area contributed by atoms with Gasteiger partial charge in [-0.25, -0.2) is 4.79 Å². The van der Waals surface area contributed by atoms with Crippen molar-refractivity contribution in [1.82, 2.24) is 15.1 Å². The third-order valence-corrected chi connectivity index (χ3v) is 5.44. The highest BCUT2D eigenvalue weighted by Crippen LogP contribution is 2.39. The van der Waals surface area contributed by atoms with Crippen LogP contribution in [0.15, 0.2) is 30.3 Å². The molecule has 2 heterocycles. The van der Waals surface area contributed by atoms with Crippen molar-refractivity contribution in [3.05, 3.63) is 30.3 Å². The Morgan fingerprint density at radius 3 is 2.31 bits per heavy atom. The number of amides is 3. The van der Waals surface area contributed by atoms with Crippen LogP contribution in [0, 0.1) is 0 Å². The van der Waals surface area contributed by atoms with Crippen molar-refractivity contribution in [3.63, 3.8) is 0 Å². The molecular weight excluding hydrogens is 372 g/mol. The second-order valence-corrected chi connectivity index (χ2v) is 8.58. The van der Waals surface area contributed by atoms with Gasteiger partial charge in [-0.2, -0.15) is 0 Å². The molecule has 0 radical (unpaired) electrons. The molecule has 0 atom stereocenters. The van der Waals surface area contributed by atoms with Crippen LogP contribution in [-0.2, 0) is 14.3 Å². The summed E-state index contributed by atoms with van der Waals surface area (Å²) in [6.45, 7) is 6.74. The molecule has 0 bridgehead atoms. The van der Waals surface area contributed by atoms with E-state index >= 15 is 0 Å². The summed E-state index contributed by atoms with van der Waals surface area (Å²) < 4.78 is 5.48. The average molecular weight is 402 g/mol. The summed E-state index contributed by atoms with van der Waals surface area (Å²) in [5.74, 6) is -0.261. The van der Waals surface area contributed by atoms with Crippen LogP contribution in [0.1, 0.15) is 33.6 Å². The molecule has 158 valence electrons. The fourth-order valence-electron chi connectivity index (χ4n) is 3.96. The maximum absolute atomic E-state index is 13.4. The summed E-state index contributed by atoms with van der Waals surface area (Å²) in [5.41, 5.74) is -0.380. The molecular formula is C21H30N4O4. The van der Waals surface area contributed by atoms with E-state index in [1.54, 1.807) is 16.8 Å². The monoisotopic (exact) mass is 402 g/mol. The maximum atomic E-state index is 13.4. The van der Waals surface area contributed by atoms with E-state index in [9.17, 15) is 14.4 Å². The molecule has 0 aliphatic carbocycles. The number of benzene rings is 1. The van der Waals surface area contributed by atoms with Crippen LogP contribution >= 0.6 is 0 Å². The number of ether oxygens (including phenoxy) is 1. The molecule has 1 N–H and O–H groups in total. The van der Waals surface area contributed by atoms with Crippen LogP contribution < -0.4 is 10.2 Å². The zero-order valence-corrected chi connectivity index (χ0v) is 17.6. The number of carbonyl (C=O) groups is 3. The van der Waals surface area contributed by atoms with E-state index < -0.39 is 11.1 Å². The minimum absolute atomic E-state index is 0.0240. The molecule has 8 heteroatoms. The van der Waals surface area contributed by atoms with E-state index in [-0.39, 0.29) is 24.5 Å². The molecule has 3 amide bonds. The third-order valence-electron chi connectivity index (χ3n) is 5.44. The van der Waals surface area contributed by atoms with E-state index in [1.807, 2.05) is 51.1 Å². The van der Waals surface area contributed by atoms with Crippen molar-refractivity contribution < 1.29 is 19.1 Å². The summed E-state index contributed by atoms with van der Waals surface area (Å²) in [4.78, 5) is 43.1. The van der Waals surface area contributed by atoms with Gasteiger partial charge in [-0.05, 0) is 45.7 Å². The van der Waals surface area contributed by atoms with Crippen molar-refractivity contribution in [2.75, 3.05) is 38.3 Å². The Kier molecular flexibility index (Phi) is 5.73. The minimum atomic E-state index is -0.756. The zero-order chi connectivity index (χ0) is 21.2. The predicted molar refractivity (Wildman–Crippen MR) is 109 cm³/mol. The first kappa shape index (κ1) is 21.0. The van der Waals surface area contributed by atoms with Crippen molar-refractivity contribution in [2.24, 2.45) is 0 Å². The lowest BCUT2D eigenvalue weighted by Crippen LogP contribution is -2.57. The molecule has 2 aliphatic heterocycles. The summed E-state index contributed by atoms with van der Waals surface area (Å²) in [5, 5.41) is 2.58. The van der Waals surface area contributed by atoms with Crippen molar-refractivity contribution >= 4 is 23.6 Å². The van der Waals surface area contributed by atoms with Gasteiger partial charge in [-0.3, -0.25) is 9.59 Å². The van der Waals surface area contributed by atoms with Gasteiger partial charge in [-0.15, -0.1) is 0 Å². The number of para-hydroxylation sites is 1. The summed E-state index contributed by atoms with van der Waals surface area (Å²) in [6.07, 6.45) is 0.625. The topological polar surface area (TPSA) is 82.2 Å². The van der Waals surface area contributed by atoms with Gasteiger partial charge < -0.3 is 24.8 Å². The second kappa shape index (κ2) is 7.93. The fourth-order valence-corrected chi connectivity index (χ4v) is 3.96. The first-order valence-electron chi connectivity index (χ1n) is 9.97. The van der Waals surface area contributed by atoms with Crippen molar-refractivity contribution in [2.45, 2.75) is 44.8 Å². The Labute approximate surface area is 171 Å².